The van der Waals surface area contributed by atoms with Gasteiger partial charge in [0.2, 0.25) is 0 Å². The van der Waals surface area contributed by atoms with E-state index in [-0.39, 0.29) is 12.1 Å². The molecule has 2 bridgehead atoms. The lowest BCUT2D eigenvalue weighted by molar-refractivity contribution is -0.0450. The molecule has 0 saturated carbocycles. The van der Waals surface area contributed by atoms with E-state index in [1.54, 1.807) is 11.1 Å². The van der Waals surface area contributed by atoms with Gasteiger partial charge in [0.25, 0.3) is 0 Å². The maximum Gasteiger partial charge on any atom is 0.344 e. The number of thiazole rings is 1. The molecule has 2 amide bonds. The highest BCUT2D eigenvalue weighted by Gasteiger charge is 2.39. The fourth-order valence-electron chi connectivity index (χ4n) is 2.01. The van der Waals surface area contributed by atoms with E-state index in [2.05, 4.69) is 11.9 Å². The molecule has 2 aliphatic rings. The average Bonchev–Trinajstić information content (AvgIpc) is 2.79. The van der Waals surface area contributed by atoms with E-state index in [9.17, 15) is 10.0 Å². The van der Waals surface area contributed by atoms with Gasteiger partial charge in [-0.25, -0.2) is 9.78 Å². The van der Waals surface area contributed by atoms with E-state index < -0.39 is 0 Å². The molecule has 5 nitrogen and oxygen atoms in total. The quantitative estimate of drug-likeness (QED) is 0.746. The van der Waals surface area contributed by atoms with Gasteiger partial charge < -0.3 is 4.90 Å². The maximum absolute atomic E-state index is 11.5. The van der Waals surface area contributed by atoms with Gasteiger partial charge in [0.15, 0.2) is 0 Å². The van der Waals surface area contributed by atoms with Crippen LogP contribution in [0.3, 0.4) is 0 Å². The lowest BCUT2D eigenvalue weighted by atomic mass is 10.1. The molecule has 0 spiro atoms. The van der Waals surface area contributed by atoms with Crippen molar-refractivity contribution in [1.82, 2.24) is 14.9 Å². The number of hydroxylamine groups is 2. The third-order valence-corrected chi connectivity index (χ3v) is 3.70. The Morgan fingerprint density at radius 3 is 3.06 bits per heavy atom. The van der Waals surface area contributed by atoms with Crippen LogP contribution in [0.1, 0.15) is 9.88 Å². The third-order valence-electron chi connectivity index (χ3n) is 2.77. The minimum absolute atomic E-state index is 0.242. The van der Waals surface area contributed by atoms with Crippen molar-refractivity contribution in [2.45, 2.75) is 6.04 Å². The van der Waals surface area contributed by atoms with E-state index in [1.165, 1.54) is 11.3 Å². The lowest BCUT2D eigenvalue weighted by Crippen LogP contribution is -2.30. The molecule has 1 radical (unpaired) electrons. The molecular formula is C10H10N3O2S. The van der Waals surface area contributed by atoms with Crippen molar-refractivity contribution in [2.75, 3.05) is 13.1 Å². The Morgan fingerprint density at radius 1 is 1.62 bits per heavy atom. The Kier molecular flexibility index (Phi) is 2.02. The summed E-state index contributed by atoms with van der Waals surface area (Å²) in [5.74, 6) is 0. The first-order chi connectivity index (χ1) is 7.65. The second kappa shape index (κ2) is 3.29. The SMILES string of the molecule is [CH2]c1cnc(C2=CC3CN(C2)C(=O)N3O)s1. The lowest BCUT2D eigenvalue weighted by Gasteiger charge is -2.19. The molecule has 1 aromatic rings. The largest absolute Gasteiger partial charge is 0.344 e. The number of aromatic nitrogens is 1. The Balaban J connectivity index is 1.95. The molecular weight excluding hydrogens is 226 g/mol. The van der Waals surface area contributed by atoms with Crippen LogP contribution in [-0.4, -0.2) is 45.3 Å². The van der Waals surface area contributed by atoms with Gasteiger partial charge in [0.05, 0.1) is 12.6 Å². The van der Waals surface area contributed by atoms with E-state index in [1.807, 2.05) is 6.08 Å². The molecule has 1 unspecified atom stereocenters. The molecule has 1 atom stereocenters. The van der Waals surface area contributed by atoms with Crippen LogP contribution >= 0.6 is 11.3 Å². The van der Waals surface area contributed by atoms with Gasteiger partial charge in [-0.1, -0.05) is 0 Å². The zero-order chi connectivity index (χ0) is 11.3. The normalized spacial score (nSPS) is 24.0. The minimum atomic E-state index is -0.331. The number of rotatable bonds is 1. The first-order valence-electron chi connectivity index (χ1n) is 4.91. The van der Waals surface area contributed by atoms with Crippen LogP contribution in [0.25, 0.3) is 5.57 Å². The summed E-state index contributed by atoms with van der Waals surface area (Å²) in [6.45, 7) is 4.88. The van der Waals surface area contributed by atoms with Gasteiger partial charge >= 0.3 is 6.03 Å². The van der Waals surface area contributed by atoms with E-state index in [0.717, 1.165) is 20.5 Å². The van der Waals surface area contributed by atoms with Gasteiger partial charge in [0, 0.05) is 23.2 Å². The number of hydrogen-bond acceptors (Lipinski definition) is 4. The summed E-state index contributed by atoms with van der Waals surface area (Å²) in [6.07, 6.45) is 3.62. The van der Waals surface area contributed by atoms with Crippen LogP contribution in [0.15, 0.2) is 12.3 Å². The Bertz CT molecular complexity index is 482. The first kappa shape index (κ1) is 9.80. The predicted molar refractivity (Wildman–Crippen MR) is 58.9 cm³/mol. The number of carbonyl (C=O) groups excluding carboxylic acids is 1. The summed E-state index contributed by atoms with van der Waals surface area (Å²) >= 11 is 1.50. The van der Waals surface area contributed by atoms with Crippen molar-refractivity contribution < 1.29 is 10.0 Å². The van der Waals surface area contributed by atoms with Crippen molar-refractivity contribution in [1.29, 1.82) is 0 Å². The van der Waals surface area contributed by atoms with E-state index >= 15 is 0 Å². The molecule has 83 valence electrons. The van der Waals surface area contributed by atoms with Crippen LogP contribution in [0.4, 0.5) is 4.79 Å². The van der Waals surface area contributed by atoms with E-state index in [0.29, 0.717) is 13.1 Å². The van der Waals surface area contributed by atoms with Crippen LogP contribution in [-0.2, 0) is 0 Å². The van der Waals surface area contributed by atoms with Crippen molar-refractivity contribution in [3.05, 3.63) is 29.1 Å². The Labute approximate surface area is 96.6 Å². The van der Waals surface area contributed by atoms with Gasteiger partial charge in [0.1, 0.15) is 5.01 Å². The van der Waals surface area contributed by atoms with E-state index in [4.69, 9.17) is 0 Å². The van der Waals surface area contributed by atoms with Crippen LogP contribution in [0.2, 0.25) is 0 Å². The number of carbonyl (C=O) groups is 1. The maximum atomic E-state index is 11.5. The van der Waals surface area contributed by atoms with Gasteiger partial charge in [-0.15, -0.1) is 11.3 Å². The minimum Gasteiger partial charge on any atom is -0.316 e. The molecule has 1 saturated heterocycles. The molecule has 16 heavy (non-hydrogen) atoms. The molecule has 1 aromatic heterocycles. The average molecular weight is 236 g/mol. The molecule has 3 rings (SSSR count). The fourth-order valence-corrected chi connectivity index (χ4v) is 2.73. The first-order valence-corrected chi connectivity index (χ1v) is 5.72. The van der Waals surface area contributed by atoms with Gasteiger partial charge in [-0.2, -0.15) is 5.06 Å². The third kappa shape index (κ3) is 1.34. The summed E-state index contributed by atoms with van der Waals surface area (Å²) in [5, 5.41) is 11.2. The van der Waals surface area contributed by atoms with Gasteiger partial charge in [-0.3, -0.25) is 5.21 Å². The Hall–Kier alpha value is -1.40. The van der Waals surface area contributed by atoms with Crippen LogP contribution in [0.5, 0.6) is 0 Å². The number of nitrogens with zero attached hydrogens (tertiary/aromatic N) is 3. The standard InChI is InChI=1S/C10H10N3O2S/c1-6-3-11-9(16-6)7-2-8-5-12(4-7)10(14)13(8)15/h2-3,8,15H,1,4-5H2. The molecule has 2 aliphatic heterocycles. The Morgan fingerprint density at radius 2 is 2.44 bits per heavy atom. The molecule has 1 fully saturated rings. The highest BCUT2D eigenvalue weighted by Crippen LogP contribution is 2.29. The summed E-state index contributed by atoms with van der Waals surface area (Å²) in [4.78, 5) is 18.3. The van der Waals surface area contributed by atoms with Crippen molar-refractivity contribution >= 4 is 22.9 Å². The smallest absolute Gasteiger partial charge is 0.316 e. The highest BCUT2D eigenvalue weighted by molar-refractivity contribution is 7.12. The van der Waals surface area contributed by atoms with Crippen molar-refractivity contribution in [3.8, 4) is 0 Å². The number of urea groups is 1. The summed E-state index contributed by atoms with van der Waals surface area (Å²) in [6, 6.07) is -0.573. The second-order valence-corrected chi connectivity index (χ2v) is 5.01. The molecule has 0 aliphatic carbocycles. The van der Waals surface area contributed by atoms with Gasteiger partial charge in [-0.05, 0) is 13.0 Å². The molecule has 0 aromatic carbocycles. The molecule has 3 heterocycles. The number of hydrogen-bond donors (Lipinski definition) is 1. The van der Waals surface area contributed by atoms with Crippen molar-refractivity contribution in [2.24, 2.45) is 0 Å². The monoisotopic (exact) mass is 236 g/mol. The second-order valence-electron chi connectivity index (χ2n) is 3.90. The number of amides is 2. The summed E-state index contributed by atoms with van der Waals surface area (Å²) in [7, 11) is 0. The predicted octanol–water partition coefficient (Wildman–Crippen LogP) is 1.22. The zero-order valence-corrected chi connectivity index (χ0v) is 9.28. The van der Waals surface area contributed by atoms with Crippen molar-refractivity contribution in [3.63, 3.8) is 0 Å². The zero-order valence-electron chi connectivity index (χ0n) is 8.46. The van der Waals surface area contributed by atoms with Crippen LogP contribution in [0, 0.1) is 6.92 Å². The highest BCUT2D eigenvalue weighted by atomic mass is 32.1. The number of fused-ring (bicyclic) bond motifs is 2. The van der Waals surface area contributed by atoms with Crippen LogP contribution < -0.4 is 0 Å². The summed E-state index contributed by atoms with van der Waals surface area (Å²) in [5.41, 5.74) is 0.987. The topological polar surface area (TPSA) is 56.7 Å². The fraction of sp³-hybridized carbons (Fsp3) is 0.300. The summed E-state index contributed by atoms with van der Waals surface area (Å²) < 4.78 is 0. The molecule has 6 heteroatoms. The molecule has 1 N–H and O–H groups in total.